The molecule has 1 heterocycles. The van der Waals surface area contributed by atoms with Crippen LogP contribution in [0.4, 0.5) is 11.4 Å². The molecule has 0 amide bonds. The molecule has 3 rings (SSSR count). The predicted molar refractivity (Wildman–Crippen MR) is 88.1 cm³/mol. The van der Waals surface area contributed by atoms with E-state index in [1.54, 1.807) is 0 Å². The van der Waals surface area contributed by atoms with Crippen molar-refractivity contribution in [1.29, 1.82) is 0 Å². The predicted octanol–water partition coefficient (Wildman–Crippen LogP) is 3.41. The molecule has 0 fully saturated rings. The summed E-state index contributed by atoms with van der Waals surface area (Å²) in [5.41, 5.74) is 10.6. The number of para-hydroxylation sites is 1. The van der Waals surface area contributed by atoms with Crippen LogP contribution < -0.4 is 15.4 Å². The average molecular weight is 282 g/mol. The third-order valence-corrected chi connectivity index (χ3v) is 4.04. The first-order valence-corrected chi connectivity index (χ1v) is 7.56. The number of anilines is 2. The molecule has 2 aromatic carbocycles. The van der Waals surface area contributed by atoms with Crippen molar-refractivity contribution in [3.63, 3.8) is 0 Å². The number of rotatable bonds is 4. The molecule has 0 atom stereocenters. The largest absolute Gasteiger partial charge is 0.491 e. The first-order valence-electron chi connectivity index (χ1n) is 7.56. The summed E-state index contributed by atoms with van der Waals surface area (Å²) < 4.78 is 5.91. The minimum absolute atomic E-state index is 0.694. The van der Waals surface area contributed by atoms with Crippen LogP contribution in [-0.4, -0.2) is 19.7 Å². The molecular weight excluding hydrogens is 260 g/mol. The molecule has 0 aliphatic carbocycles. The van der Waals surface area contributed by atoms with Crippen LogP contribution in [0, 0.1) is 6.92 Å². The number of ether oxygens (including phenoxy) is 1. The van der Waals surface area contributed by atoms with Crippen molar-refractivity contribution in [2.75, 3.05) is 30.3 Å². The van der Waals surface area contributed by atoms with Gasteiger partial charge in [0, 0.05) is 17.9 Å². The van der Waals surface area contributed by atoms with E-state index in [1.807, 2.05) is 24.3 Å². The molecule has 0 radical (unpaired) electrons. The summed E-state index contributed by atoms with van der Waals surface area (Å²) >= 11 is 0. The van der Waals surface area contributed by atoms with E-state index in [1.165, 1.54) is 23.2 Å². The second kappa shape index (κ2) is 6.08. The highest BCUT2D eigenvalue weighted by atomic mass is 16.5. The maximum absolute atomic E-state index is 5.93. The summed E-state index contributed by atoms with van der Waals surface area (Å²) in [6, 6.07) is 14.4. The van der Waals surface area contributed by atoms with Gasteiger partial charge in [-0.1, -0.05) is 24.3 Å². The Hall–Kier alpha value is -2.16. The van der Waals surface area contributed by atoms with Crippen LogP contribution in [0.5, 0.6) is 5.75 Å². The lowest BCUT2D eigenvalue weighted by molar-refractivity contribution is 0.320. The van der Waals surface area contributed by atoms with Crippen LogP contribution in [0.2, 0.25) is 0 Å². The van der Waals surface area contributed by atoms with Gasteiger partial charge in [-0.2, -0.15) is 0 Å². The number of nitrogens with zero attached hydrogens (tertiary/aromatic N) is 1. The Kier molecular flexibility index (Phi) is 4.00. The van der Waals surface area contributed by atoms with Gasteiger partial charge in [-0.25, -0.2) is 0 Å². The molecule has 0 saturated heterocycles. The highest BCUT2D eigenvalue weighted by Crippen LogP contribution is 2.29. The Bertz CT molecular complexity index is 624. The van der Waals surface area contributed by atoms with E-state index in [0.717, 1.165) is 30.9 Å². The lowest BCUT2D eigenvalue weighted by atomic mass is 10.0. The minimum atomic E-state index is 0.694. The molecule has 1 aliphatic heterocycles. The van der Waals surface area contributed by atoms with Crippen LogP contribution in [0.3, 0.4) is 0 Å². The maximum atomic E-state index is 5.93. The van der Waals surface area contributed by atoms with Gasteiger partial charge in [0.1, 0.15) is 12.4 Å². The Balaban J connectivity index is 1.65. The molecule has 0 spiro atoms. The van der Waals surface area contributed by atoms with Gasteiger partial charge in [0.15, 0.2) is 0 Å². The quantitative estimate of drug-likeness (QED) is 0.873. The molecule has 110 valence electrons. The smallest absolute Gasteiger partial charge is 0.122 e. The summed E-state index contributed by atoms with van der Waals surface area (Å²) in [6.45, 7) is 4.74. The summed E-state index contributed by atoms with van der Waals surface area (Å²) in [6.07, 6.45) is 2.34. The first-order chi connectivity index (χ1) is 10.2. The molecular formula is C18H22N2O. The van der Waals surface area contributed by atoms with E-state index in [-0.39, 0.29) is 0 Å². The summed E-state index contributed by atoms with van der Waals surface area (Å²) in [5.74, 6) is 0.974. The lowest BCUT2D eigenvalue weighted by Crippen LogP contribution is -2.33. The normalized spacial score (nSPS) is 13.9. The number of nitrogens with two attached hydrogens (primary N) is 1. The number of nitrogen functional groups attached to an aromatic ring is 1. The van der Waals surface area contributed by atoms with Gasteiger partial charge in [-0.05, 0) is 49.1 Å². The lowest BCUT2D eigenvalue weighted by Gasteiger charge is -2.31. The number of fused-ring (bicyclic) bond motifs is 1. The minimum Gasteiger partial charge on any atom is -0.491 e. The molecule has 2 aromatic rings. The van der Waals surface area contributed by atoms with Crippen molar-refractivity contribution in [3.05, 3.63) is 53.6 Å². The van der Waals surface area contributed by atoms with Crippen LogP contribution in [0.15, 0.2) is 42.5 Å². The zero-order valence-electron chi connectivity index (χ0n) is 12.5. The number of aryl methyl sites for hydroxylation is 2. The molecule has 0 bridgehead atoms. The van der Waals surface area contributed by atoms with Gasteiger partial charge in [-0.15, -0.1) is 0 Å². The summed E-state index contributed by atoms with van der Waals surface area (Å²) in [4.78, 5) is 2.38. The molecule has 2 N–H and O–H groups in total. The zero-order chi connectivity index (χ0) is 14.7. The van der Waals surface area contributed by atoms with Crippen LogP contribution in [0.1, 0.15) is 17.5 Å². The summed E-state index contributed by atoms with van der Waals surface area (Å²) in [7, 11) is 0. The average Bonchev–Trinajstić information content (AvgIpc) is 2.49. The van der Waals surface area contributed by atoms with E-state index in [9.17, 15) is 0 Å². The number of benzene rings is 2. The SMILES string of the molecule is Cc1ccccc1OCCN1CCCc2ccc(N)cc21. The van der Waals surface area contributed by atoms with Crippen molar-refractivity contribution in [1.82, 2.24) is 0 Å². The molecule has 0 unspecified atom stereocenters. The molecule has 0 saturated carbocycles. The second-order valence-electron chi connectivity index (χ2n) is 5.59. The Labute approximate surface area is 126 Å². The maximum Gasteiger partial charge on any atom is 0.122 e. The Morgan fingerprint density at radius 1 is 1.19 bits per heavy atom. The van der Waals surface area contributed by atoms with E-state index in [2.05, 4.69) is 30.0 Å². The fourth-order valence-electron chi connectivity index (χ4n) is 2.88. The fraction of sp³-hybridized carbons (Fsp3) is 0.333. The number of hydrogen-bond donors (Lipinski definition) is 1. The van der Waals surface area contributed by atoms with Crippen molar-refractivity contribution in [2.45, 2.75) is 19.8 Å². The van der Waals surface area contributed by atoms with Gasteiger partial charge >= 0.3 is 0 Å². The van der Waals surface area contributed by atoms with Crippen LogP contribution >= 0.6 is 0 Å². The van der Waals surface area contributed by atoms with Gasteiger partial charge in [0.25, 0.3) is 0 Å². The van der Waals surface area contributed by atoms with Gasteiger partial charge in [-0.3, -0.25) is 0 Å². The zero-order valence-corrected chi connectivity index (χ0v) is 12.5. The fourth-order valence-corrected chi connectivity index (χ4v) is 2.88. The molecule has 1 aliphatic rings. The Morgan fingerprint density at radius 3 is 2.90 bits per heavy atom. The highest BCUT2D eigenvalue weighted by Gasteiger charge is 2.16. The molecule has 3 nitrogen and oxygen atoms in total. The van der Waals surface area contributed by atoms with E-state index >= 15 is 0 Å². The highest BCUT2D eigenvalue weighted by molar-refractivity contribution is 5.62. The monoisotopic (exact) mass is 282 g/mol. The van der Waals surface area contributed by atoms with Crippen molar-refractivity contribution < 1.29 is 4.74 Å². The molecule has 3 heteroatoms. The summed E-state index contributed by atoms with van der Waals surface area (Å²) in [5, 5.41) is 0. The second-order valence-corrected chi connectivity index (χ2v) is 5.59. The molecule has 21 heavy (non-hydrogen) atoms. The van der Waals surface area contributed by atoms with E-state index in [0.29, 0.717) is 6.61 Å². The van der Waals surface area contributed by atoms with Crippen LogP contribution in [0.25, 0.3) is 0 Å². The van der Waals surface area contributed by atoms with Gasteiger partial charge < -0.3 is 15.4 Å². The Morgan fingerprint density at radius 2 is 2.05 bits per heavy atom. The number of hydrogen-bond acceptors (Lipinski definition) is 3. The van der Waals surface area contributed by atoms with Crippen molar-refractivity contribution in [3.8, 4) is 5.75 Å². The van der Waals surface area contributed by atoms with Crippen LogP contribution in [-0.2, 0) is 6.42 Å². The van der Waals surface area contributed by atoms with Crippen molar-refractivity contribution in [2.24, 2.45) is 0 Å². The van der Waals surface area contributed by atoms with Gasteiger partial charge in [0.2, 0.25) is 0 Å². The van der Waals surface area contributed by atoms with E-state index in [4.69, 9.17) is 10.5 Å². The topological polar surface area (TPSA) is 38.5 Å². The van der Waals surface area contributed by atoms with E-state index < -0.39 is 0 Å². The molecule has 0 aromatic heterocycles. The third kappa shape index (κ3) is 3.13. The third-order valence-electron chi connectivity index (χ3n) is 4.04. The first kappa shape index (κ1) is 13.8. The van der Waals surface area contributed by atoms with Crippen molar-refractivity contribution >= 4 is 11.4 Å². The standard InChI is InChI=1S/C18H22N2O/c1-14-5-2-3-7-18(14)21-12-11-20-10-4-6-15-8-9-16(19)13-17(15)20/h2-3,5,7-9,13H,4,6,10-12,19H2,1H3. The van der Waals surface area contributed by atoms with Gasteiger partial charge in [0.05, 0.1) is 6.54 Å².